The second-order valence-electron chi connectivity index (χ2n) is 5.71. The fraction of sp³-hybridized carbons (Fsp3) is 0.222. The molecule has 0 amide bonds. The van der Waals surface area contributed by atoms with Crippen molar-refractivity contribution in [2.45, 2.75) is 25.0 Å². The van der Waals surface area contributed by atoms with Crippen molar-refractivity contribution in [3.05, 3.63) is 48.4 Å². The average Bonchev–Trinajstić information content (AvgIpc) is 2.99. The Morgan fingerprint density at radius 2 is 1.88 bits per heavy atom. The lowest BCUT2D eigenvalue weighted by molar-refractivity contribution is 0.628. The molecule has 0 fully saturated rings. The zero-order valence-electron chi connectivity index (χ0n) is 13.8. The highest BCUT2D eigenvalue weighted by Gasteiger charge is 2.15. The first-order valence-electron chi connectivity index (χ1n) is 7.69. The van der Waals surface area contributed by atoms with Crippen LogP contribution in [0.2, 0.25) is 0 Å². The zero-order valence-corrected chi connectivity index (χ0v) is 14.6. The minimum atomic E-state index is -0.253. The Hall–Kier alpha value is -2.34. The minimum absolute atomic E-state index is 0.253. The summed E-state index contributed by atoms with van der Waals surface area (Å²) in [6, 6.07) is 10.6. The lowest BCUT2D eigenvalue weighted by Crippen LogP contribution is -2.10. The molecule has 2 N–H and O–H groups in total. The number of nitrogens with zero attached hydrogens (tertiary/aromatic N) is 2. The summed E-state index contributed by atoms with van der Waals surface area (Å²) in [5.74, 6) is 0.554. The topological polar surface area (TPSA) is 53.6 Å². The van der Waals surface area contributed by atoms with Gasteiger partial charge >= 0.3 is 0 Å². The maximum atomic E-state index is 13.2. The Bertz CT molecular complexity index is 827. The summed E-state index contributed by atoms with van der Waals surface area (Å²) in [7, 11) is 0. The van der Waals surface area contributed by atoms with E-state index in [1.165, 1.54) is 23.9 Å². The van der Waals surface area contributed by atoms with E-state index in [1.54, 1.807) is 18.3 Å². The second kappa shape index (κ2) is 7.05. The molecule has 2 heterocycles. The van der Waals surface area contributed by atoms with E-state index in [9.17, 15) is 4.39 Å². The number of anilines is 1. The van der Waals surface area contributed by atoms with Crippen molar-refractivity contribution in [2.75, 3.05) is 11.6 Å². The summed E-state index contributed by atoms with van der Waals surface area (Å²) in [6.07, 6.45) is 3.73. The molecule has 0 aliphatic heterocycles. The molecule has 0 saturated heterocycles. The van der Waals surface area contributed by atoms with Gasteiger partial charge in [0, 0.05) is 23.4 Å². The minimum Gasteiger partial charge on any atom is -0.368 e. The van der Waals surface area contributed by atoms with Gasteiger partial charge in [0.05, 0.1) is 11.4 Å². The van der Waals surface area contributed by atoms with Crippen LogP contribution in [0, 0.1) is 5.82 Å². The van der Waals surface area contributed by atoms with Crippen LogP contribution in [0.5, 0.6) is 0 Å². The molecule has 24 heavy (non-hydrogen) atoms. The molecule has 4 nitrogen and oxygen atoms in total. The highest BCUT2D eigenvalue weighted by molar-refractivity contribution is 7.98. The van der Waals surface area contributed by atoms with Crippen molar-refractivity contribution >= 4 is 17.6 Å². The van der Waals surface area contributed by atoms with E-state index in [1.807, 2.05) is 18.4 Å². The van der Waals surface area contributed by atoms with Gasteiger partial charge in [0.15, 0.2) is 5.16 Å². The van der Waals surface area contributed by atoms with E-state index in [0.717, 1.165) is 33.5 Å². The molecule has 0 spiro atoms. The van der Waals surface area contributed by atoms with Gasteiger partial charge in [0.1, 0.15) is 11.6 Å². The van der Waals surface area contributed by atoms with Crippen LogP contribution in [0.25, 0.3) is 22.5 Å². The maximum absolute atomic E-state index is 13.2. The number of thioether (sulfide) groups is 1. The van der Waals surface area contributed by atoms with E-state index >= 15 is 0 Å². The van der Waals surface area contributed by atoms with E-state index in [4.69, 9.17) is 0 Å². The molecule has 3 rings (SSSR count). The van der Waals surface area contributed by atoms with Crippen molar-refractivity contribution in [3.63, 3.8) is 0 Å². The highest BCUT2D eigenvalue weighted by atomic mass is 32.2. The van der Waals surface area contributed by atoms with Gasteiger partial charge in [-0.05, 0) is 56.5 Å². The van der Waals surface area contributed by atoms with E-state index in [0.29, 0.717) is 6.04 Å². The Morgan fingerprint density at radius 1 is 1.12 bits per heavy atom. The molecule has 0 atom stereocenters. The third kappa shape index (κ3) is 3.59. The van der Waals surface area contributed by atoms with Crippen molar-refractivity contribution < 1.29 is 4.39 Å². The average molecular weight is 342 g/mol. The fourth-order valence-corrected chi connectivity index (χ4v) is 2.82. The number of hydrogen-bond acceptors (Lipinski definition) is 4. The van der Waals surface area contributed by atoms with Crippen molar-refractivity contribution in [3.8, 4) is 22.5 Å². The van der Waals surface area contributed by atoms with Crippen LogP contribution < -0.4 is 5.32 Å². The summed E-state index contributed by atoms with van der Waals surface area (Å²) in [5.41, 5.74) is 3.57. The summed E-state index contributed by atoms with van der Waals surface area (Å²) in [6.45, 7) is 4.14. The van der Waals surface area contributed by atoms with Gasteiger partial charge in [0.25, 0.3) is 0 Å². The van der Waals surface area contributed by atoms with E-state index in [2.05, 4.69) is 34.1 Å². The van der Waals surface area contributed by atoms with Crippen LogP contribution in [0.1, 0.15) is 13.8 Å². The molecular weight excluding hydrogens is 323 g/mol. The smallest absolute Gasteiger partial charge is 0.166 e. The molecule has 0 unspecified atom stereocenters. The molecule has 0 aliphatic rings. The number of rotatable bonds is 5. The number of halogens is 1. The van der Waals surface area contributed by atoms with Crippen LogP contribution in [0.15, 0.2) is 47.8 Å². The first-order chi connectivity index (χ1) is 11.6. The Balaban J connectivity index is 2.07. The van der Waals surface area contributed by atoms with Crippen molar-refractivity contribution in [1.82, 2.24) is 15.0 Å². The van der Waals surface area contributed by atoms with E-state index in [-0.39, 0.29) is 5.82 Å². The van der Waals surface area contributed by atoms with Gasteiger partial charge in [-0.2, -0.15) is 0 Å². The fourth-order valence-electron chi connectivity index (χ4n) is 2.44. The summed E-state index contributed by atoms with van der Waals surface area (Å²) >= 11 is 1.54. The third-order valence-electron chi connectivity index (χ3n) is 3.48. The number of H-pyrrole nitrogens is 1. The molecule has 2 aromatic heterocycles. The molecule has 0 bridgehead atoms. The van der Waals surface area contributed by atoms with Gasteiger partial charge in [-0.3, -0.25) is 0 Å². The molecule has 124 valence electrons. The quantitative estimate of drug-likeness (QED) is 0.653. The lowest BCUT2D eigenvalue weighted by Gasteiger charge is -2.10. The van der Waals surface area contributed by atoms with Crippen LogP contribution in [0.4, 0.5) is 10.2 Å². The van der Waals surface area contributed by atoms with Crippen molar-refractivity contribution in [2.24, 2.45) is 0 Å². The number of aromatic nitrogens is 3. The normalized spacial score (nSPS) is 11.0. The first kappa shape index (κ1) is 16.5. The van der Waals surface area contributed by atoms with E-state index < -0.39 is 0 Å². The number of aromatic amines is 1. The zero-order chi connectivity index (χ0) is 17.1. The molecular formula is C18H19FN4S. The van der Waals surface area contributed by atoms with Gasteiger partial charge < -0.3 is 10.3 Å². The monoisotopic (exact) mass is 342 g/mol. The molecule has 6 heteroatoms. The van der Waals surface area contributed by atoms with Gasteiger partial charge in [0.2, 0.25) is 0 Å². The SMILES string of the molecule is CSc1nc(-c2ccnc(NC(C)C)c2)c(-c2ccc(F)cc2)[nH]1. The largest absolute Gasteiger partial charge is 0.368 e. The van der Waals surface area contributed by atoms with Crippen LogP contribution in [-0.4, -0.2) is 27.2 Å². The second-order valence-corrected chi connectivity index (χ2v) is 6.50. The van der Waals surface area contributed by atoms with Crippen LogP contribution in [0.3, 0.4) is 0 Å². The Morgan fingerprint density at radius 3 is 2.54 bits per heavy atom. The third-order valence-corrected chi connectivity index (χ3v) is 4.06. The Kier molecular flexibility index (Phi) is 4.85. The summed E-state index contributed by atoms with van der Waals surface area (Å²) < 4.78 is 13.2. The summed E-state index contributed by atoms with van der Waals surface area (Å²) in [4.78, 5) is 12.3. The molecule has 3 aromatic rings. The summed E-state index contributed by atoms with van der Waals surface area (Å²) in [5, 5.41) is 4.12. The number of benzene rings is 1. The maximum Gasteiger partial charge on any atom is 0.166 e. The Labute approximate surface area is 144 Å². The molecule has 0 saturated carbocycles. The predicted molar refractivity (Wildman–Crippen MR) is 97.8 cm³/mol. The number of nitrogens with one attached hydrogen (secondary N) is 2. The van der Waals surface area contributed by atoms with Crippen LogP contribution >= 0.6 is 11.8 Å². The van der Waals surface area contributed by atoms with Gasteiger partial charge in [-0.1, -0.05) is 11.8 Å². The number of hydrogen-bond donors (Lipinski definition) is 2. The standard InChI is InChI=1S/C18H19FN4S/c1-11(2)21-15-10-13(8-9-20-15)17-16(22-18(23-17)24-3)12-4-6-14(19)7-5-12/h4-11H,1-3H3,(H,20,21)(H,22,23). The first-order valence-corrected chi connectivity index (χ1v) is 8.92. The van der Waals surface area contributed by atoms with Crippen molar-refractivity contribution in [1.29, 1.82) is 0 Å². The number of pyridine rings is 1. The lowest BCUT2D eigenvalue weighted by atomic mass is 10.1. The molecule has 0 aliphatic carbocycles. The molecule has 0 radical (unpaired) electrons. The van der Waals surface area contributed by atoms with Crippen LogP contribution in [-0.2, 0) is 0 Å². The van der Waals surface area contributed by atoms with Gasteiger partial charge in [-0.15, -0.1) is 0 Å². The highest BCUT2D eigenvalue weighted by Crippen LogP contribution is 2.33. The van der Waals surface area contributed by atoms with Gasteiger partial charge in [-0.25, -0.2) is 14.4 Å². The molecule has 1 aromatic carbocycles. The number of imidazole rings is 1. The predicted octanol–water partition coefficient (Wildman–Crippen LogP) is 4.82.